The molecule has 0 amide bonds. The van der Waals surface area contributed by atoms with Crippen LogP contribution in [0.25, 0.3) is 0 Å². The molecular weight excluding hydrogens is 330 g/mol. The van der Waals surface area contributed by atoms with Gasteiger partial charge in [0.25, 0.3) is 0 Å². The van der Waals surface area contributed by atoms with E-state index in [-0.39, 0.29) is 17.1 Å². The zero-order valence-electron chi connectivity index (χ0n) is 14.9. The summed E-state index contributed by atoms with van der Waals surface area (Å²) in [6.07, 6.45) is 2.48. The van der Waals surface area contributed by atoms with Gasteiger partial charge >= 0.3 is 0 Å². The molecule has 1 N–H and O–H groups in total. The SMILES string of the molecule is COc1ccc(CCNCC=C2C(=O)c3ccccc3C2=O)cc1OC. The summed E-state index contributed by atoms with van der Waals surface area (Å²) >= 11 is 0. The predicted molar refractivity (Wildman–Crippen MR) is 99.3 cm³/mol. The minimum Gasteiger partial charge on any atom is -0.493 e. The largest absolute Gasteiger partial charge is 0.493 e. The molecule has 0 spiro atoms. The Labute approximate surface area is 152 Å². The molecule has 2 aromatic carbocycles. The number of Topliss-reactive ketones (excluding diaryl/α,β-unsaturated/α-hetero) is 2. The molecule has 0 aromatic heterocycles. The normalized spacial score (nSPS) is 12.9. The van der Waals surface area contributed by atoms with E-state index in [0.717, 1.165) is 12.0 Å². The van der Waals surface area contributed by atoms with Gasteiger partial charge in [-0.25, -0.2) is 0 Å². The Kier molecular flexibility index (Phi) is 5.49. The van der Waals surface area contributed by atoms with Crippen LogP contribution < -0.4 is 14.8 Å². The second-order valence-corrected chi connectivity index (χ2v) is 5.97. The van der Waals surface area contributed by atoms with E-state index in [0.29, 0.717) is 35.7 Å². The first-order chi connectivity index (χ1) is 12.7. The number of fused-ring (bicyclic) bond motifs is 1. The number of ketones is 2. The summed E-state index contributed by atoms with van der Waals surface area (Å²) in [6, 6.07) is 12.7. The van der Waals surface area contributed by atoms with Gasteiger partial charge in [0.2, 0.25) is 0 Å². The molecule has 26 heavy (non-hydrogen) atoms. The molecular formula is C21H21NO4. The van der Waals surface area contributed by atoms with Gasteiger partial charge in [0.05, 0.1) is 19.8 Å². The van der Waals surface area contributed by atoms with E-state index in [2.05, 4.69) is 5.32 Å². The van der Waals surface area contributed by atoms with Crippen molar-refractivity contribution in [1.82, 2.24) is 5.32 Å². The van der Waals surface area contributed by atoms with Crippen LogP contribution in [-0.4, -0.2) is 38.9 Å². The second-order valence-electron chi connectivity index (χ2n) is 5.97. The maximum absolute atomic E-state index is 12.3. The number of nitrogens with one attached hydrogen (secondary N) is 1. The molecule has 0 aliphatic heterocycles. The van der Waals surface area contributed by atoms with Crippen molar-refractivity contribution in [1.29, 1.82) is 0 Å². The minimum absolute atomic E-state index is 0.188. The van der Waals surface area contributed by atoms with Crippen LogP contribution in [0.3, 0.4) is 0 Å². The van der Waals surface area contributed by atoms with Crippen LogP contribution in [0.5, 0.6) is 11.5 Å². The van der Waals surface area contributed by atoms with Crippen molar-refractivity contribution in [2.45, 2.75) is 6.42 Å². The fraction of sp³-hybridized carbons (Fsp3) is 0.238. The number of benzene rings is 2. The number of carbonyl (C=O) groups excluding carboxylic acids is 2. The quantitative estimate of drug-likeness (QED) is 0.472. The molecule has 5 nitrogen and oxygen atoms in total. The summed E-state index contributed by atoms with van der Waals surface area (Å²) in [7, 11) is 3.22. The van der Waals surface area contributed by atoms with Crippen LogP contribution >= 0.6 is 0 Å². The van der Waals surface area contributed by atoms with Crippen LogP contribution in [0.4, 0.5) is 0 Å². The van der Waals surface area contributed by atoms with Gasteiger partial charge in [0, 0.05) is 17.7 Å². The van der Waals surface area contributed by atoms with Gasteiger partial charge in [-0.3, -0.25) is 9.59 Å². The first kappa shape index (κ1) is 17.9. The van der Waals surface area contributed by atoms with Gasteiger partial charge in [0.1, 0.15) is 0 Å². The fourth-order valence-electron chi connectivity index (χ4n) is 3.00. The molecule has 0 radical (unpaired) electrons. The highest BCUT2D eigenvalue weighted by atomic mass is 16.5. The smallest absolute Gasteiger partial charge is 0.197 e. The molecule has 0 saturated carbocycles. The third-order valence-corrected chi connectivity index (χ3v) is 4.39. The predicted octanol–water partition coefficient (Wildman–Crippen LogP) is 2.84. The Balaban J connectivity index is 1.54. The topological polar surface area (TPSA) is 64.6 Å². The zero-order valence-corrected chi connectivity index (χ0v) is 14.9. The Bertz CT molecular complexity index is 833. The number of allylic oxidation sites excluding steroid dienone is 1. The van der Waals surface area contributed by atoms with Crippen molar-refractivity contribution in [3.05, 3.63) is 70.8 Å². The number of carbonyl (C=O) groups is 2. The molecule has 0 saturated heterocycles. The third-order valence-electron chi connectivity index (χ3n) is 4.39. The number of hydrogen-bond acceptors (Lipinski definition) is 5. The van der Waals surface area contributed by atoms with Crippen molar-refractivity contribution in [2.75, 3.05) is 27.3 Å². The molecule has 2 aromatic rings. The standard InChI is InChI=1S/C21H21NO4/c1-25-18-8-7-14(13-19(18)26-2)9-11-22-12-10-17-20(23)15-5-3-4-6-16(15)21(17)24/h3-8,10,13,22H,9,11-12H2,1-2H3. The van der Waals surface area contributed by atoms with E-state index >= 15 is 0 Å². The van der Waals surface area contributed by atoms with Gasteiger partial charge in [-0.2, -0.15) is 0 Å². The Hall–Kier alpha value is -2.92. The van der Waals surface area contributed by atoms with E-state index in [1.165, 1.54) is 0 Å². The first-order valence-electron chi connectivity index (χ1n) is 8.46. The lowest BCUT2D eigenvalue weighted by molar-refractivity contribution is 0.0988. The number of rotatable bonds is 7. The van der Waals surface area contributed by atoms with Crippen LogP contribution in [0.2, 0.25) is 0 Å². The van der Waals surface area contributed by atoms with Crippen molar-refractivity contribution in [3.63, 3.8) is 0 Å². The highest BCUT2D eigenvalue weighted by Gasteiger charge is 2.31. The fourth-order valence-corrected chi connectivity index (χ4v) is 3.00. The number of hydrogen-bond donors (Lipinski definition) is 1. The zero-order chi connectivity index (χ0) is 18.5. The summed E-state index contributed by atoms with van der Waals surface area (Å²) in [6.45, 7) is 1.18. The van der Waals surface area contributed by atoms with Crippen molar-refractivity contribution >= 4 is 11.6 Å². The van der Waals surface area contributed by atoms with Crippen LogP contribution in [0, 0.1) is 0 Å². The first-order valence-corrected chi connectivity index (χ1v) is 8.46. The minimum atomic E-state index is -0.188. The van der Waals surface area contributed by atoms with Gasteiger partial charge < -0.3 is 14.8 Å². The molecule has 1 aliphatic carbocycles. The molecule has 0 fully saturated rings. The second kappa shape index (κ2) is 7.97. The monoisotopic (exact) mass is 351 g/mol. The van der Waals surface area contributed by atoms with Gasteiger partial charge in [0.15, 0.2) is 23.1 Å². The summed E-state index contributed by atoms with van der Waals surface area (Å²) in [5.41, 5.74) is 2.36. The summed E-state index contributed by atoms with van der Waals surface area (Å²) in [5, 5.41) is 3.24. The molecule has 5 heteroatoms. The van der Waals surface area contributed by atoms with Gasteiger partial charge in [-0.05, 0) is 30.7 Å². The molecule has 0 atom stereocenters. The Morgan fingerprint density at radius 2 is 1.58 bits per heavy atom. The third kappa shape index (κ3) is 3.53. The van der Waals surface area contributed by atoms with E-state index in [1.54, 1.807) is 44.6 Å². The average Bonchev–Trinajstić information content (AvgIpc) is 2.92. The van der Waals surface area contributed by atoms with Crippen LogP contribution in [-0.2, 0) is 6.42 Å². The summed E-state index contributed by atoms with van der Waals surface area (Å²) in [4.78, 5) is 24.6. The number of methoxy groups -OCH3 is 2. The Morgan fingerprint density at radius 3 is 2.19 bits per heavy atom. The highest BCUT2D eigenvalue weighted by Crippen LogP contribution is 2.28. The van der Waals surface area contributed by atoms with Gasteiger partial charge in [-0.15, -0.1) is 0 Å². The van der Waals surface area contributed by atoms with Crippen molar-refractivity contribution < 1.29 is 19.1 Å². The molecule has 0 unspecified atom stereocenters. The maximum Gasteiger partial charge on any atom is 0.197 e. The van der Waals surface area contributed by atoms with Gasteiger partial charge in [-0.1, -0.05) is 36.4 Å². The lowest BCUT2D eigenvalue weighted by atomic mass is 10.1. The lowest BCUT2D eigenvalue weighted by Crippen LogP contribution is -2.18. The summed E-state index contributed by atoms with van der Waals surface area (Å²) in [5.74, 6) is 1.03. The van der Waals surface area contributed by atoms with E-state index in [9.17, 15) is 9.59 Å². The molecule has 134 valence electrons. The van der Waals surface area contributed by atoms with E-state index < -0.39 is 0 Å². The highest BCUT2D eigenvalue weighted by molar-refractivity contribution is 6.39. The molecule has 1 aliphatic rings. The Morgan fingerprint density at radius 1 is 0.923 bits per heavy atom. The number of ether oxygens (including phenoxy) is 2. The van der Waals surface area contributed by atoms with Crippen molar-refractivity contribution in [2.24, 2.45) is 0 Å². The van der Waals surface area contributed by atoms with E-state index in [4.69, 9.17) is 9.47 Å². The van der Waals surface area contributed by atoms with Crippen LogP contribution in [0.1, 0.15) is 26.3 Å². The average molecular weight is 351 g/mol. The molecule has 0 heterocycles. The molecule has 3 rings (SSSR count). The lowest BCUT2D eigenvalue weighted by Gasteiger charge is -2.09. The molecule has 0 bridgehead atoms. The van der Waals surface area contributed by atoms with Crippen LogP contribution in [0.15, 0.2) is 54.1 Å². The summed E-state index contributed by atoms with van der Waals surface area (Å²) < 4.78 is 10.5. The van der Waals surface area contributed by atoms with E-state index in [1.807, 2.05) is 18.2 Å². The van der Waals surface area contributed by atoms with Crippen molar-refractivity contribution in [3.8, 4) is 11.5 Å². The maximum atomic E-state index is 12.3.